The second-order valence-corrected chi connectivity index (χ2v) is 6.36. The van der Waals surface area contributed by atoms with E-state index in [1.807, 2.05) is 12.3 Å². The molecule has 0 radical (unpaired) electrons. The van der Waals surface area contributed by atoms with Crippen molar-refractivity contribution in [3.63, 3.8) is 0 Å². The molecule has 0 fully saturated rings. The molecule has 1 unspecified atom stereocenters. The monoisotopic (exact) mass is 341 g/mol. The van der Waals surface area contributed by atoms with Crippen LogP contribution in [0.15, 0.2) is 22.8 Å². The van der Waals surface area contributed by atoms with Crippen LogP contribution in [0.25, 0.3) is 0 Å². The predicted octanol–water partition coefficient (Wildman–Crippen LogP) is 4.36. The van der Waals surface area contributed by atoms with E-state index in [0.717, 1.165) is 23.0 Å². The molecule has 1 heterocycles. The number of hydrogen-bond donors (Lipinski definition) is 2. The minimum Gasteiger partial charge on any atom is -0.271 e. The van der Waals surface area contributed by atoms with Crippen LogP contribution in [-0.4, -0.2) is 11.0 Å². The average molecular weight is 342 g/mol. The van der Waals surface area contributed by atoms with Crippen molar-refractivity contribution in [1.82, 2.24) is 10.4 Å². The van der Waals surface area contributed by atoms with E-state index in [1.54, 1.807) is 0 Å². The van der Waals surface area contributed by atoms with Gasteiger partial charge in [0.15, 0.2) is 0 Å². The molecule has 114 valence electrons. The number of hydrazine groups is 1. The molecule has 0 aliphatic carbocycles. The second kappa shape index (κ2) is 11.2. The van der Waals surface area contributed by atoms with E-state index < -0.39 is 0 Å². The molecule has 1 rings (SSSR count). The van der Waals surface area contributed by atoms with Gasteiger partial charge in [-0.2, -0.15) is 0 Å². The van der Waals surface area contributed by atoms with E-state index in [0.29, 0.717) is 6.04 Å². The van der Waals surface area contributed by atoms with Crippen LogP contribution in [0.5, 0.6) is 0 Å². The smallest absolute Gasteiger partial charge is 0.0420 e. The molecule has 20 heavy (non-hydrogen) atoms. The van der Waals surface area contributed by atoms with E-state index in [-0.39, 0.29) is 0 Å². The number of pyridine rings is 1. The van der Waals surface area contributed by atoms with Crippen molar-refractivity contribution >= 4 is 15.9 Å². The third-order valence-corrected chi connectivity index (χ3v) is 4.11. The van der Waals surface area contributed by atoms with Crippen LogP contribution >= 0.6 is 15.9 Å². The third-order valence-electron chi connectivity index (χ3n) is 3.64. The zero-order valence-electron chi connectivity index (χ0n) is 12.6. The fourth-order valence-electron chi connectivity index (χ4n) is 2.37. The van der Waals surface area contributed by atoms with Crippen molar-refractivity contribution in [1.29, 1.82) is 0 Å². The van der Waals surface area contributed by atoms with Gasteiger partial charge in [-0.1, -0.05) is 51.9 Å². The van der Waals surface area contributed by atoms with Gasteiger partial charge in [-0.05, 0) is 34.5 Å². The lowest BCUT2D eigenvalue weighted by Gasteiger charge is -2.15. The van der Waals surface area contributed by atoms with Crippen LogP contribution < -0.4 is 11.3 Å². The molecule has 1 aromatic heterocycles. The van der Waals surface area contributed by atoms with Gasteiger partial charge in [0, 0.05) is 28.8 Å². The summed E-state index contributed by atoms with van der Waals surface area (Å²) >= 11 is 3.40. The summed E-state index contributed by atoms with van der Waals surface area (Å²) in [5, 5.41) is 0. The third kappa shape index (κ3) is 7.98. The maximum absolute atomic E-state index is 5.64. The summed E-state index contributed by atoms with van der Waals surface area (Å²) in [5.41, 5.74) is 4.02. The van der Waals surface area contributed by atoms with Gasteiger partial charge in [-0.3, -0.25) is 16.3 Å². The predicted molar refractivity (Wildman–Crippen MR) is 89.4 cm³/mol. The summed E-state index contributed by atoms with van der Waals surface area (Å²) in [6, 6.07) is 4.42. The summed E-state index contributed by atoms with van der Waals surface area (Å²) in [5.74, 6) is 5.64. The minimum atomic E-state index is 0.333. The summed E-state index contributed by atoms with van der Waals surface area (Å²) in [6.07, 6.45) is 13.3. The molecule has 0 aromatic carbocycles. The molecule has 0 amide bonds. The van der Waals surface area contributed by atoms with Crippen molar-refractivity contribution in [3.05, 3.63) is 28.5 Å². The quantitative estimate of drug-likeness (QED) is 0.357. The normalized spacial score (nSPS) is 12.6. The van der Waals surface area contributed by atoms with E-state index >= 15 is 0 Å². The highest BCUT2D eigenvalue weighted by Gasteiger charge is 2.08. The molecule has 0 aliphatic heterocycles. The number of nitrogens with zero attached hydrogens (tertiary/aromatic N) is 1. The van der Waals surface area contributed by atoms with Crippen LogP contribution in [0.3, 0.4) is 0 Å². The van der Waals surface area contributed by atoms with Gasteiger partial charge in [-0.25, -0.2) is 0 Å². The lowest BCUT2D eigenvalue weighted by molar-refractivity contribution is 0.455. The van der Waals surface area contributed by atoms with E-state index in [9.17, 15) is 0 Å². The van der Waals surface area contributed by atoms with Crippen LogP contribution in [0, 0.1) is 0 Å². The van der Waals surface area contributed by atoms with Gasteiger partial charge >= 0.3 is 0 Å². The summed E-state index contributed by atoms with van der Waals surface area (Å²) in [6.45, 7) is 2.26. The molecule has 0 bridgehead atoms. The lowest BCUT2D eigenvalue weighted by atomic mass is 10.0. The Labute approximate surface area is 131 Å². The molecule has 0 aliphatic rings. The molecular formula is C16H28BrN3. The maximum atomic E-state index is 5.64. The largest absolute Gasteiger partial charge is 0.271 e. The van der Waals surface area contributed by atoms with Crippen LogP contribution in [-0.2, 0) is 6.42 Å². The number of aromatic nitrogens is 1. The molecule has 3 nitrogen and oxygen atoms in total. The van der Waals surface area contributed by atoms with Crippen LogP contribution in [0.2, 0.25) is 0 Å². The minimum absolute atomic E-state index is 0.333. The Morgan fingerprint density at radius 2 is 1.85 bits per heavy atom. The molecule has 4 heteroatoms. The topological polar surface area (TPSA) is 50.9 Å². The fourth-order valence-corrected chi connectivity index (χ4v) is 2.61. The Morgan fingerprint density at radius 3 is 2.45 bits per heavy atom. The van der Waals surface area contributed by atoms with E-state index in [1.165, 1.54) is 44.9 Å². The van der Waals surface area contributed by atoms with Crippen molar-refractivity contribution in [3.8, 4) is 0 Å². The molecule has 1 atom stereocenters. The number of hydrogen-bond acceptors (Lipinski definition) is 3. The number of rotatable bonds is 11. The molecule has 1 aromatic rings. The first-order chi connectivity index (χ1) is 9.76. The Balaban J connectivity index is 2.14. The zero-order chi connectivity index (χ0) is 14.6. The van der Waals surface area contributed by atoms with Gasteiger partial charge in [0.05, 0.1) is 0 Å². The number of halogens is 1. The highest BCUT2D eigenvalue weighted by Crippen LogP contribution is 2.13. The zero-order valence-corrected chi connectivity index (χ0v) is 14.2. The lowest BCUT2D eigenvalue weighted by Crippen LogP contribution is -2.36. The molecule has 0 saturated carbocycles. The number of unbranched alkanes of at least 4 members (excludes halogenated alkanes) is 6. The Bertz CT molecular complexity index is 340. The standard InChI is InChI=1S/C16H28BrN3/c1-2-3-4-5-6-7-8-9-16(20-18)12-15-11-10-14(17)13-19-15/h10-11,13,16,20H,2-9,12,18H2,1H3. The Hall–Kier alpha value is -0.450. The summed E-state index contributed by atoms with van der Waals surface area (Å²) in [7, 11) is 0. The first-order valence-corrected chi connectivity index (χ1v) is 8.62. The Morgan fingerprint density at radius 1 is 1.15 bits per heavy atom. The first kappa shape index (κ1) is 17.6. The molecule has 0 saturated heterocycles. The van der Waals surface area contributed by atoms with Gasteiger partial charge in [0.2, 0.25) is 0 Å². The maximum Gasteiger partial charge on any atom is 0.0420 e. The highest BCUT2D eigenvalue weighted by atomic mass is 79.9. The molecular weight excluding hydrogens is 314 g/mol. The SMILES string of the molecule is CCCCCCCCCC(Cc1ccc(Br)cn1)NN. The van der Waals surface area contributed by atoms with Crippen molar-refractivity contribution in [2.24, 2.45) is 5.84 Å². The highest BCUT2D eigenvalue weighted by molar-refractivity contribution is 9.10. The second-order valence-electron chi connectivity index (χ2n) is 5.45. The summed E-state index contributed by atoms with van der Waals surface area (Å²) in [4.78, 5) is 4.40. The van der Waals surface area contributed by atoms with Gasteiger partial charge in [0.1, 0.15) is 0 Å². The van der Waals surface area contributed by atoms with Gasteiger partial charge in [0.25, 0.3) is 0 Å². The van der Waals surface area contributed by atoms with Gasteiger partial charge in [-0.15, -0.1) is 0 Å². The summed E-state index contributed by atoms with van der Waals surface area (Å²) < 4.78 is 1.02. The fraction of sp³-hybridized carbons (Fsp3) is 0.688. The van der Waals surface area contributed by atoms with E-state index in [4.69, 9.17) is 5.84 Å². The van der Waals surface area contributed by atoms with Crippen molar-refractivity contribution < 1.29 is 0 Å². The van der Waals surface area contributed by atoms with Crippen LogP contribution in [0.4, 0.5) is 0 Å². The van der Waals surface area contributed by atoms with Gasteiger partial charge < -0.3 is 0 Å². The molecule has 3 N–H and O–H groups in total. The van der Waals surface area contributed by atoms with Crippen molar-refractivity contribution in [2.75, 3.05) is 0 Å². The number of nitrogens with one attached hydrogen (secondary N) is 1. The Kier molecular flexibility index (Phi) is 9.89. The first-order valence-electron chi connectivity index (χ1n) is 7.82. The average Bonchev–Trinajstić information content (AvgIpc) is 2.47. The van der Waals surface area contributed by atoms with Crippen LogP contribution in [0.1, 0.15) is 64.0 Å². The van der Waals surface area contributed by atoms with Crippen molar-refractivity contribution in [2.45, 2.75) is 70.8 Å². The van der Waals surface area contributed by atoms with E-state index in [2.05, 4.69) is 39.3 Å². The number of nitrogens with two attached hydrogens (primary N) is 1. The molecule has 0 spiro atoms.